The van der Waals surface area contributed by atoms with Crippen LogP contribution in [0, 0.1) is 0 Å². The van der Waals surface area contributed by atoms with Gasteiger partial charge in [0.15, 0.2) is 12.3 Å². The molecule has 2 heterocycles. The molecule has 2 rings (SSSR count). The van der Waals surface area contributed by atoms with Crippen molar-refractivity contribution in [2.45, 2.75) is 199 Å². The van der Waals surface area contributed by atoms with E-state index in [-0.39, 0.29) is 18.7 Å². The predicted molar refractivity (Wildman–Crippen MR) is 257 cm³/mol. The maximum Gasteiger partial charge on any atom is 0.351 e. The second-order valence-electron chi connectivity index (χ2n) is 16.9. The molecule has 1 saturated heterocycles. The molecule has 20 heteroatoms. The number of carbonyl (C=O) groups excluding carboxylic acids is 2. The molecule has 68 heavy (non-hydrogen) atoms. The second kappa shape index (κ2) is 36.6. The van der Waals surface area contributed by atoms with Gasteiger partial charge in [-0.1, -0.05) is 127 Å². The summed E-state index contributed by atoms with van der Waals surface area (Å²) in [5.74, 6) is -1.40. The van der Waals surface area contributed by atoms with Crippen LogP contribution in [0.15, 0.2) is 65.7 Å². The Labute approximate surface area is 403 Å². The highest BCUT2D eigenvalue weighted by Crippen LogP contribution is 2.56. The van der Waals surface area contributed by atoms with Crippen molar-refractivity contribution in [3.05, 3.63) is 71.4 Å². The SMILES string of the molecule is CCCCC/C=C\C/C=C\CCCCCCCC(=O)OC[C@H](COP(=O)([O-])OP(=O)([O-])OC[C@H]1O[C@@H](n2ccc(N)nc2=O)[C@H](O)[C@@H]1O)OC(=O)CCCCCCC/C=C\C/C=C\CCCCC. The van der Waals surface area contributed by atoms with Crippen LogP contribution < -0.4 is 21.2 Å². The summed E-state index contributed by atoms with van der Waals surface area (Å²) in [5.41, 5.74) is 4.55. The first-order chi connectivity index (χ1) is 32.7. The number of aliphatic hydroxyl groups excluding tert-OH is 2. The van der Waals surface area contributed by atoms with Gasteiger partial charge in [-0.2, -0.15) is 4.98 Å². The van der Waals surface area contributed by atoms with Crippen LogP contribution in [-0.2, 0) is 46.3 Å². The number of aromatic nitrogens is 2. The number of nitrogens with two attached hydrogens (primary N) is 1. The molecule has 1 fully saturated rings. The number of unbranched alkanes of at least 4 members (excludes halogenated alkanes) is 16. The van der Waals surface area contributed by atoms with Crippen LogP contribution in [0.3, 0.4) is 0 Å². The fourth-order valence-corrected chi connectivity index (χ4v) is 9.04. The van der Waals surface area contributed by atoms with Crippen molar-refractivity contribution in [2.75, 3.05) is 25.6 Å². The largest absolute Gasteiger partial charge is 0.756 e. The van der Waals surface area contributed by atoms with Crippen LogP contribution in [0.25, 0.3) is 0 Å². The smallest absolute Gasteiger partial charge is 0.351 e. The molecule has 0 spiro atoms. The van der Waals surface area contributed by atoms with E-state index in [1.54, 1.807) is 0 Å². The van der Waals surface area contributed by atoms with Crippen molar-refractivity contribution in [1.82, 2.24) is 9.55 Å². The van der Waals surface area contributed by atoms with E-state index in [4.69, 9.17) is 24.5 Å². The number of carbonyl (C=O) groups is 2. The zero-order valence-corrected chi connectivity index (χ0v) is 42.1. The van der Waals surface area contributed by atoms with Gasteiger partial charge < -0.3 is 49.0 Å². The van der Waals surface area contributed by atoms with Crippen molar-refractivity contribution in [1.29, 1.82) is 0 Å². The van der Waals surface area contributed by atoms with E-state index in [0.29, 0.717) is 12.8 Å². The molecule has 0 aliphatic carbocycles. The zero-order chi connectivity index (χ0) is 49.9. The first-order valence-corrected chi connectivity index (χ1v) is 27.5. The summed E-state index contributed by atoms with van der Waals surface area (Å²) in [4.78, 5) is 66.4. The molecule has 388 valence electrons. The lowest BCUT2D eigenvalue weighted by Gasteiger charge is -2.32. The van der Waals surface area contributed by atoms with Gasteiger partial charge in [-0.15, -0.1) is 0 Å². The van der Waals surface area contributed by atoms with Gasteiger partial charge in [0, 0.05) is 19.0 Å². The molecule has 1 aromatic rings. The average Bonchev–Trinajstić information content (AvgIpc) is 3.57. The number of anilines is 1. The van der Waals surface area contributed by atoms with E-state index in [1.165, 1.54) is 44.6 Å². The van der Waals surface area contributed by atoms with Crippen molar-refractivity contribution < 1.29 is 66.3 Å². The number of nitrogen functional groups attached to an aromatic ring is 1. The van der Waals surface area contributed by atoms with E-state index in [0.717, 1.165) is 101 Å². The Bertz CT molecular complexity index is 1820. The lowest BCUT2D eigenvalue weighted by molar-refractivity contribution is -0.246. The minimum absolute atomic E-state index is 0.00413. The van der Waals surface area contributed by atoms with Crippen LogP contribution in [0.5, 0.6) is 0 Å². The van der Waals surface area contributed by atoms with E-state index < -0.39 is 83.7 Å². The monoisotopic (exact) mass is 999 g/mol. The number of rotatable bonds is 40. The molecule has 0 amide bonds. The van der Waals surface area contributed by atoms with E-state index in [2.05, 4.69) is 76.3 Å². The quantitative estimate of drug-likeness (QED) is 0.0240. The van der Waals surface area contributed by atoms with Gasteiger partial charge in [0.1, 0.15) is 30.7 Å². The molecular formula is C48H79N3O15P2-2. The number of phosphoric ester groups is 2. The highest BCUT2D eigenvalue weighted by molar-refractivity contribution is 7.59. The van der Waals surface area contributed by atoms with Crippen LogP contribution in [0.1, 0.15) is 174 Å². The molecule has 4 N–H and O–H groups in total. The first-order valence-electron chi connectivity index (χ1n) is 24.6. The van der Waals surface area contributed by atoms with Crippen LogP contribution in [-0.4, -0.2) is 75.9 Å². The summed E-state index contributed by atoms with van der Waals surface area (Å²) >= 11 is 0. The Kier molecular flexibility index (Phi) is 32.8. The van der Waals surface area contributed by atoms with Gasteiger partial charge in [0.25, 0.3) is 15.6 Å². The zero-order valence-electron chi connectivity index (χ0n) is 40.3. The van der Waals surface area contributed by atoms with Gasteiger partial charge in [-0.05, 0) is 83.1 Å². The van der Waals surface area contributed by atoms with Crippen LogP contribution in [0.4, 0.5) is 5.82 Å². The lowest BCUT2D eigenvalue weighted by Crippen LogP contribution is -2.36. The summed E-state index contributed by atoms with van der Waals surface area (Å²) in [6.45, 7) is 1.84. The van der Waals surface area contributed by atoms with Gasteiger partial charge in [-0.3, -0.25) is 23.3 Å². The molecule has 0 radical (unpaired) electrons. The number of hydrogen-bond acceptors (Lipinski definition) is 17. The van der Waals surface area contributed by atoms with Crippen molar-refractivity contribution >= 4 is 33.4 Å². The summed E-state index contributed by atoms with van der Waals surface area (Å²) in [6.07, 6.45) is 32.8. The van der Waals surface area contributed by atoms with Crippen molar-refractivity contribution in [2.24, 2.45) is 0 Å². The highest BCUT2D eigenvalue weighted by atomic mass is 31.3. The Balaban J connectivity index is 1.83. The molecule has 0 saturated carbocycles. The molecule has 1 aliphatic heterocycles. The molecule has 1 aliphatic rings. The first kappa shape index (κ1) is 60.8. The number of esters is 2. The van der Waals surface area contributed by atoms with Crippen molar-refractivity contribution in [3.63, 3.8) is 0 Å². The van der Waals surface area contributed by atoms with Gasteiger partial charge in [-0.25, -0.2) is 9.11 Å². The number of nitrogens with zero attached hydrogens (tertiary/aromatic N) is 2. The number of aliphatic hydroxyl groups is 2. The Morgan fingerprint density at radius 2 is 1.21 bits per heavy atom. The maximum absolute atomic E-state index is 12.8. The molecule has 7 atom stereocenters. The van der Waals surface area contributed by atoms with Gasteiger partial charge in [0.2, 0.25) is 0 Å². The van der Waals surface area contributed by atoms with Crippen LogP contribution in [0.2, 0.25) is 0 Å². The lowest BCUT2D eigenvalue weighted by atomic mass is 10.1. The summed E-state index contributed by atoms with van der Waals surface area (Å²) in [5, 5.41) is 20.8. The van der Waals surface area contributed by atoms with Gasteiger partial charge >= 0.3 is 17.6 Å². The summed E-state index contributed by atoms with van der Waals surface area (Å²) in [7, 11) is -11.5. The van der Waals surface area contributed by atoms with Crippen molar-refractivity contribution in [3.8, 4) is 0 Å². The van der Waals surface area contributed by atoms with E-state index in [1.807, 2.05) is 0 Å². The third-order valence-electron chi connectivity index (χ3n) is 10.9. The molecule has 1 aromatic heterocycles. The third kappa shape index (κ3) is 29.0. The highest BCUT2D eigenvalue weighted by Gasteiger charge is 2.45. The molecule has 2 unspecified atom stereocenters. The topological polar surface area (TPSA) is 271 Å². The number of ether oxygens (including phenoxy) is 3. The second-order valence-corrected chi connectivity index (χ2v) is 19.9. The van der Waals surface area contributed by atoms with Gasteiger partial charge in [0.05, 0.1) is 13.2 Å². The van der Waals surface area contributed by atoms with Crippen LogP contribution >= 0.6 is 15.6 Å². The molecule has 0 bridgehead atoms. The Morgan fingerprint density at radius 1 is 0.721 bits per heavy atom. The predicted octanol–water partition coefficient (Wildman–Crippen LogP) is 8.51. The standard InChI is InChI=1S/C48H81N3O15P2/c1-3-5-7-9-11-13-15-17-19-21-23-25-27-29-31-33-43(52)61-37-40(64-44(53)34-32-30-28-26-24-22-20-18-16-14-12-10-8-6-4-2)38-62-67(57,58)66-68(59,60)63-39-41-45(54)46(55)47(65-41)51-36-35-42(49)50-48(51)56/h11-14,17-20,35-36,40-41,45-47,54-55H,3-10,15-16,21-34,37-39H2,1-2H3,(H,57,58)(H,59,60)(H2,49,50,56)/p-2/b13-11-,14-12-,19-17-,20-18-/t40-,41-,45-,46-,47-/m1/s1. The number of allylic oxidation sites excluding steroid dienone is 8. The van der Waals surface area contributed by atoms with E-state index >= 15 is 0 Å². The van der Waals surface area contributed by atoms with E-state index in [9.17, 15) is 43.5 Å². The maximum atomic E-state index is 12.8. The fraction of sp³-hybridized carbons (Fsp3) is 0.708. The molecular weight excluding hydrogens is 920 g/mol. The summed E-state index contributed by atoms with van der Waals surface area (Å²) < 4.78 is 55.7. The fourth-order valence-electron chi connectivity index (χ4n) is 7.01. The minimum Gasteiger partial charge on any atom is -0.756 e. The average molecular weight is 1000 g/mol. The molecule has 0 aromatic carbocycles. The molecule has 18 nitrogen and oxygen atoms in total. The normalized spacial score (nSPS) is 19.9. The minimum atomic E-state index is -5.74. The number of hydrogen-bond donors (Lipinski definition) is 3. The summed E-state index contributed by atoms with van der Waals surface area (Å²) in [6, 6.07) is 1.23. The number of phosphoric acid groups is 2. The third-order valence-corrected chi connectivity index (χ3v) is 13.4. The Hall–Kier alpha value is -3.28. The Morgan fingerprint density at radius 3 is 1.74 bits per heavy atom.